The van der Waals surface area contributed by atoms with Gasteiger partial charge in [-0.15, -0.1) is 0 Å². The summed E-state index contributed by atoms with van der Waals surface area (Å²) in [5.74, 6) is 1.23. The second-order valence-electron chi connectivity index (χ2n) is 7.05. The van der Waals surface area contributed by atoms with E-state index in [4.69, 9.17) is 0 Å². The largest absolute Gasteiger partial charge is 0.395 e. The SMILES string of the molecule is CCN(CCO)c1ncnc(N2CCC(Cc3ccccc3)CC2)c1[N+](=O)[O-]. The first-order chi connectivity index (χ1) is 13.6. The minimum Gasteiger partial charge on any atom is -0.395 e. The number of aromatic nitrogens is 2. The monoisotopic (exact) mass is 385 g/mol. The van der Waals surface area contributed by atoms with Crippen LogP contribution in [0.4, 0.5) is 17.3 Å². The van der Waals surface area contributed by atoms with Crippen LogP contribution in [-0.2, 0) is 6.42 Å². The average molecular weight is 385 g/mol. The van der Waals surface area contributed by atoms with Crippen LogP contribution >= 0.6 is 0 Å². The van der Waals surface area contributed by atoms with Crippen LogP contribution in [0.5, 0.6) is 0 Å². The smallest absolute Gasteiger partial charge is 0.353 e. The fraction of sp³-hybridized carbons (Fsp3) is 0.500. The molecule has 0 atom stereocenters. The summed E-state index contributed by atoms with van der Waals surface area (Å²) in [7, 11) is 0. The van der Waals surface area contributed by atoms with Crippen LogP contribution in [0, 0.1) is 16.0 Å². The number of likely N-dealkylation sites (N-methyl/N-ethyl adjacent to an activating group) is 1. The molecule has 0 unspecified atom stereocenters. The molecule has 0 spiro atoms. The first-order valence-corrected chi connectivity index (χ1v) is 9.78. The number of aliphatic hydroxyl groups excluding tert-OH is 1. The van der Waals surface area contributed by atoms with Crippen LogP contribution in [0.3, 0.4) is 0 Å². The van der Waals surface area contributed by atoms with E-state index in [1.165, 1.54) is 11.9 Å². The summed E-state index contributed by atoms with van der Waals surface area (Å²) in [5, 5.41) is 21.1. The van der Waals surface area contributed by atoms with E-state index in [2.05, 4.69) is 34.2 Å². The quantitative estimate of drug-likeness (QED) is 0.551. The molecule has 28 heavy (non-hydrogen) atoms. The Kier molecular flexibility index (Phi) is 6.76. The molecule has 1 aliphatic heterocycles. The Morgan fingerprint density at radius 1 is 1.25 bits per heavy atom. The molecule has 0 aliphatic carbocycles. The van der Waals surface area contributed by atoms with Gasteiger partial charge in [-0.1, -0.05) is 30.3 Å². The van der Waals surface area contributed by atoms with Crippen LogP contribution in [0.25, 0.3) is 0 Å². The molecular weight excluding hydrogens is 358 g/mol. The maximum absolute atomic E-state index is 11.8. The number of nitro groups is 1. The van der Waals surface area contributed by atoms with Gasteiger partial charge in [0, 0.05) is 26.2 Å². The van der Waals surface area contributed by atoms with Gasteiger partial charge in [-0.2, -0.15) is 0 Å². The number of hydrogen-bond acceptors (Lipinski definition) is 7. The van der Waals surface area contributed by atoms with E-state index in [0.717, 1.165) is 32.4 Å². The third kappa shape index (κ3) is 4.56. The zero-order valence-electron chi connectivity index (χ0n) is 16.2. The van der Waals surface area contributed by atoms with Gasteiger partial charge in [0.1, 0.15) is 6.33 Å². The Labute approximate surface area is 165 Å². The highest BCUT2D eigenvalue weighted by molar-refractivity contribution is 5.71. The van der Waals surface area contributed by atoms with Gasteiger partial charge in [-0.3, -0.25) is 10.1 Å². The van der Waals surface area contributed by atoms with Crippen molar-refractivity contribution < 1.29 is 10.0 Å². The summed E-state index contributed by atoms with van der Waals surface area (Å²) in [4.78, 5) is 23.5. The van der Waals surface area contributed by atoms with Gasteiger partial charge in [0.2, 0.25) is 11.6 Å². The van der Waals surface area contributed by atoms with E-state index in [0.29, 0.717) is 24.8 Å². The van der Waals surface area contributed by atoms with Crippen LogP contribution in [0.2, 0.25) is 0 Å². The van der Waals surface area contributed by atoms with Crippen molar-refractivity contribution in [3.05, 3.63) is 52.3 Å². The molecule has 0 amide bonds. The Hall–Kier alpha value is -2.74. The van der Waals surface area contributed by atoms with Gasteiger partial charge in [-0.25, -0.2) is 9.97 Å². The number of aliphatic hydroxyl groups is 1. The summed E-state index contributed by atoms with van der Waals surface area (Å²) in [6.07, 6.45) is 4.36. The highest BCUT2D eigenvalue weighted by Gasteiger charge is 2.31. The number of benzene rings is 1. The van der Waals surface area contributed by atoms with Crippen molar-refractivity contribution >= 4 is 17.3 Å². The zero-order chi connectivity index (χ0) is 19.9. The lowest BCUT2D eigenvalue weighted by molar-refractivity contribution is -0.383. The Morgan fingerprint density at radius 2 is 1.96 bits per heavy atom. The van der Waals surface area contributed by atoms with E-state index in [1.54, 1.807) is 4.90 Å². The van der Waals surface area contributed by atoms with E-state index in [-0.39, 0.29) is 18.1 Å². The van der Waals surface area contributed by atoms with Gasteiger partial charge < -0.3 is 14.9 Å². The number of rotatable bonds is 8. The molecule has 1 aromatic heterocycles. The van der Waals surface area contributed by atoms with E-state index < -0.39 is 4.92 Å². The number of anilines is 2. The molecule has 1 saturated heterocycles. The predicted octanol–water partition coefficient (Wildman–Crippen LogP) is 2.66. The van der Waals surface area contributed by atoms with E-state index in [9.17, 15) is 15.2 Å². The molecule has 8 nitrogen and oxygen atoms in total. The highest BCUT2D eigenvalue weighted by atomic mass is 16.6. The maximum Gasteiger partial charge on any atom is 0.353 e. The van der Waals surface area contributed by atoms with Crippen molar-refractivity contribution in [2.75, 3.05) is 42.6 Å². The van der Waals surface area contributed by atoms with Crippen LogP contribution in [-0.4, -0.2) is 52.8 Å². The Morgan fingerprint density at radius 3 is 2.57 bits per heavy atom. The summed E-state index contributed by atoms with van der Waals surface area (Å²) >= 11 is 0. The van der Waals surface area contributed by atoms with Crippen LogP contribution < -0.4 is 9.80 Å². The molecule has 1 N–H and O–H groups in total. The minimum absolute atomic E-state index is 0.0701. The normalized spacial score (nSPS) is 14.9. The molecule has 150 valence electrons. The van der Waals surface area contributed by atoms with Crippen molar-refractivity contribution in [1.29, 1.82) is 0 Å². The van der Waals surface area contributed by atoms with Crippen molar-refractivity contribution in [2.45, 2.75) is 26.2 Å². The lowest BCUT2D eigenvalue weighted by atomic mass is 9.90. The summed E-state index contributed by atoms with van der Waals surface area (Å²) in [6, 6.07) is 10.4. The molecular formula is C20H27N5O3. The first kappa shape index (κ1) is 20.0. The lowest BCUT2D eigenvalue weighted by Crippen LogP contribution is -2.36. The second kappa shape index (κ2) is 9.45. The lowest BCUT2D eigenvalue weighted by Gasteiger charge is -2.33. The first-order valence-electron chi connectivity index (χ1n) is 9.78. The second-order valence-corrected chi connectivity index (χ2v) is 7.05. The molecule has 8 heteroatoms. The predicted molar refractivity (Wildman–Crippen MR) is 109 cm³/mol. The molecule has 0 bridgehead atoms. The zero-order valence-corrected chi connectivity index (χ0v) is 16.2. The molecule has 2 heterocycles. The molecule has 1 fully saturated rings. The Balaban J connectivity index is 1.76. The van der Waals surface area contributed by atoms with Crippen molar-refractivity contribution in [3.8, 4) is 0 Å². The average Bonchev–Trinajstić information content (AvgIpc) is 2.72. The van der Waals surface area contributed by atoms with Crippen molar-refractivity contribution in [2.24, 2.45) is 5.92 Å². The summed E-state index contributed by atoms with van der Waals surface area (Å²) < 4.78 is 0. The minimum atomic E-state index is -0.402. The standard InChI is InChI=1S/C20H27N5O3/c1-2-23(12-13-26)19-18(25(27)28)20(22-15-21-19)24-10-8-17(9-11-24)14-16-6-4-3-5-7-16/h3-7,15,17,26H,2,8-14H2,1H3. The van der Waals surface area contributed by atoms with E-state index >= 15 is 0 Å². The van der Waals surface area contributed by atoms with Gasteiger partial charge in [0.05, 0.1) is 11.5 Å². The molecule has 2 aromatic rings. The third-order valence-corrected chi connectivity index (χ3v) is 5.30. The van der Waals surface area contributed by atoms with Gasteiger partial charge in [0.15, 0.2) is 0 Å². The van der Waals surface area contributed by atoms with Crippen LogP contribution in [0.1, 0.15) is 25.3 Å². The summed E-state index contributed by atoms with van der Waals surface area (Å²) in [5.41, 5.74) is 1.26. The molecule has 1 aromatic carbocycles. The summed E-state index contributed by atoms with van der Waals surface area (Å²) in [6.45, 7) is 4.09. The van der Waals surface area contributed by atoms with Gasteiger partial charge in [0.25, 0.3) is 0 Å². The van der Waals surface area contributed by atoms with Gasteiger partial charge in [-0.05, 0) is 37.7 Å². The third-order valence-electron chi connectivity index (χ3n) is 5.30. The van der Waals surface area contributed by atoms with Crippen LogP contribution in [0.15, 0.2) is 36.7 Å². The molecule has 0 radical (unpaired) electrons. The topological polar surface area (TPSA) is 95.6 Å². The number of hydrogen-bond donors (Lipinski definition) is 1. The fourth-order valence-electron chi connectivity index (χ4n) is 3.82. The number of nitrogens with zero attached hydrogens (tertiary/aromatic N) is 5. The van der Waals surface area contributed by atoms with Crippen molar-refractivity contribution in [3.63, 3.8) is 0 Å². The van der Waals surface area contributed by atoms with Crippen molar-refractivity contribution in [1.82, 2.24) is 9.97 Å². The highest BCUT2D eigenvalue weighted by Crippen LogP contribution is 2.36. The fourth-order valence-corrected chi connectivity index (χ4v) is 3.82. The molecule has 0 saturated carbocycles. The van der Waals surface area contributed by atoms with Gasteiger partial charge >= 0.3 is 5.69 Å². The maximum atomic E-state index is 11.8. The molecule has 3 rings (SSSR count). The number of piperidine rings is 1. The molecule has 1 aliphatic rings. The van der Waals surface area contributed by atoms with E-state index in [1.807, 2.05) is 17.9 Å². The Bertz CT molecular complexity index is 779.